The molecule has 1 aliphatic heterocycles. The Morgan fingerprint density at radius 2 is 1.04 bits per heavy atom. The van der Waals surface area contributed by atoms with E-state index in [0.29, 0.717) is 6.42 Å². The molecule has 1 aliphatic rings. The van der Waals surface area contributed by atoms with Gasteiger partial charge in [-0.2, -0.15) is 0 Å². The number of allylic oxidation sites excluding steroid dienone is 5. The minimum atomic E-state index is -1.57. The summed E-state index contributed by atoms with van der Waals surface area (Å²) < 4.78 is 11.2. The van der Waals surface area contributed by atoms with Crippen molar-refractivity contribution in [2.45, 2.75) is 236 Å². The monoisotopic (exact) mass is 780 g/mol. The van der Waals surface area contributed by atoms with Crippen LogP contribution >= 0.6 is 0 Å². The number of nitrogens with one attached hydrogen (secondary N) is 1. The lowest BCUT2D eigenvalue weighted by Crippen LogP contribution is -2.60. The third-order valence-corrected chi connectivity index (χ3v) is 10.7. The van der Waals surface area contributed by atoms with Crippen molar-refractivity contribution in [3.05, 3.63) is 36.5 Å². The summed E-state index contributed by atoms with van der Waals surface area (Å²) in [4.78, 5) is 12.9. The summed E-state index contributed by atoms with van der Waals surface area (Å²) in [6.45, 7) is 3.73. The third-order valence-electron chi connectivity index (χ3n) is 10.7. The fourth-order valence-electron chi connectivity index (χ4n) is 7.01. The van der Waals surface area contributed by atoms with Gasteiger partial charge in [0.25, 0.3) is 0 Å². The number of aliphatic hydroxyl groups excluding tert-OH is 5. The summed E-state index contributed by atoms with van der Waals surface area (Å²) in [5, 5.41) is 54.1. The summed E-state index contributed by atoms with van der Waals surface area (Å²) in [7, 11) is 0. The lowest BCUT2D eigenvalue weighted by atomic mass is 9.99. The maximum Gasteiger partial charge on any atom is 0.220 e. The fraction of sp³-hybridized carbons (Fsp3) is 0.848. The van der Waals surface area contributed by atoms with E-state index < -0.39 is 49.5 Å². The second kappa shape index (κ2) is 36.7. The third kappa shape index (κ3) is 27.6. The normalized spacial score (nSPS) is 21.6. The van der Waals surface area contributed by atoms with Crippen LogP contribution in [0.4, 0.5) is 0 Å². The van der Waals surface area contributed by atoms with Crippen molar-refractivity contribution in [1.29, 1.82) is 0 Å². The Balaban J connectivity index is 2.38. The predicted octanol–water partition coefficient (Wildman–Crippen LogP) is 9.28. The molecule has 55 heavy (non-hydrogen) atoms. The van der Waals surface area contributed by atoms with Gasteiger partial charge >= 0.3 is 0 Å². The maximum absolute atomic E-state index is 12.9. The summed E-state index contributed by atoms with van der Waals surface area (Å²) in [5.74, 6) is -0.193. The standard InChI is InChI=1S/C46H85NO8/c1-3-5-7-9-11-13-15-16-17-18-19-20-21-22-23-24-26-27-29-31-33-35-40(49)39(38-54-46-45(53)44(52)43(51)41(37-48)55-46)47-42(50)36-34-32-30-28-25-14-12-10-8-6-4-2/h21-22,26-27,33,35,39-41,43-46,48-49,51-53H,3-20,23-25,28-32,34,36-38H2,1-2H3,(H,47,50)/b22-21+,27-26+,35-33+. The Bertz CT molecular complexity index is 956. The van der Waals surface area contributed by atoms with E-state index in [1.165, 1.54) is 128 Å². The second-order valence-corrected chi connectivity index (χ2v) is 15.8. The van der Waals surface area contributed by atoms with E-state index in [1.807, 2.05) is 6.08 Å². The van der Waals surface area contributed by atoms with Crippen molar-refractivity contribution in [2.24, 2.45) is 0 Å². The molecule has 0 saturated carbocycles. The van der Waals surface area contributed by atoms with Crippen molar-refractivity contribution in [3.8, 4) is 0 Å². The zero-order valence-electron chi connectivity index (χ0n) is 35.2. The SMILES string of the molecule is CCCCCCCCCCCCC/C=C/CC/C=C/CC/C=C/C(O)C(COC1OC(CO)C(O)C(O)C1O)NC(=O)CCCCCCCCCCCCC. The average molecular weight is 780 g/mol. The van der Waals surface area contributed by atoms with E-state index in [-0.39, 0.29) is 12.5 Å². The van der Waals surface area contributed by atoms with E-state index in [0.717, 1.165) is 44.9 Å². The number of hydrogen-bond donors (Lipinski definition) is 6. The topological polar surface area (TPSA) is 149 Å². The van der Waals surface area contributed by atoms with Gasteiger partial charge in [0.2, 0.25) is 5.91 Å². The van der Waals surface area contributed by atoms with Crippen molar-refractivity contribution < 1.29 is 39.8 Å². The lowest BCUT2D eigenvalue weighted by Gasteiger charge is -2.40. The molecule has 0 aromatic rings. The van der Waals surface area contributed by atoms with E-state index in [2.05, 4.69) is 43.5 Å². The molecule has 7 atom stereocenters. The molecule has 1 heterocycles. The number of ether oxygens (including phenoxy) is 2. The Labute approximate surface area is 336 Å². The highest BCUT2D eigenvalue weighted by Gasteiger charge is 2.44. The number of hydrogen-bond acceptors (Lipinski definition) is 8. The van der Waals surface area contributed by atoms with Crippen LogP contribution < -0.4 is 5.32 Å². The minimum absolute atomic E-state index is 0.193. The minimum Gasteiger partial charge on any atom is -0.394 e. The summed E-state index contributed by atoms with van der Waals surface area (Å²) in [6.07, 6.45) is 37.7. The Morgan fingerprint density at radius 1 is 0.600 bits per heavy atom. The molecule has 0 aromatic carbocycles. The van der Waals surface area contributed by atoms with Crippen LogP contribution in [-0.4, -0.2) is 87.5 Å². The van der Waals surface area contributed by atoms with Crippen LogP contribution in [0.3, 0.4) is 0 Å². The summed E-state index contributed by atoms with van der Waals surface area (Å²) in [5.41, 5.74) is 0. The number of aliphatic hydroxyl groups is 5. The van der Waals surface area contributed by atoms with Gasteiger partial charge in [-0.3, -0.25) is 4.79 Å². The van der Waals surface area contributed by atoms with E-state index in [4.69, 9.17) is 9.47 Å². The molecular formula is C46H85NO8. The van der Waals surface area contributed by atoms with Crippen molar-refractivity contribution in [1.82, 2.24) is 5.32 Å². The van der Waals surface area contributed by atoms with Crippen molar-refractivity contribution >= 4 is 5.91 Å². The number of carbonyl (C=O) groups is 1. The van der Waals surface area contributed by atoms with Crippen LogP contribution in [0.1, 0.15) is 194 Å². The Kier molecular flexibility index (Phi) is 34.3. The molecule has 0 spiro atoms. The Hall–Kier alpha value is -1.59. The molecule has 1 amide bonds. The van der Waals surface area contributed by atoms with Gasteiger partial charge < -0.3 is 40.3 Å². The average Bonchev–Trinajstić information content (AvgIpc) is 3.18. The number of unbranched alkanes of at least 4 members (excludes halogenated alkanes) is 23. The molecule has 9 nitrogen and oxygen atoms in total. The van der Waals surface area contributed by atoms with E-state index in [9.17, 15) is 30.3 Å². The van der Waals surface area contributed by atoms with Crippen LogP contribution in [0, 0.1) is 0 Å². The van der Waals surface area contributed by atoms with Crippen LogP contribution in [0.2, 0.25) is 0 Å². The molecule has 9 heteroatoms. The zero-order chi connectivity index (χ0) is 40.2. The molecule has 0 aromatic heterocycles. The van der Waals surface area contributed by atoms with Gasteiger partial charge in [0.1, 0.15) is 24.4 Å². The van der Waals surface area contributed by atoms with Crippen LogP contribution in [-0.2, 0) is 14.3 Å². The highest BCUT2D eigenvalue weighted by molar-refractivity contribution is 5.76. The first-order valence-electron chi connectivity index (χ1n) is 22.7. The van der Waals surface area contributed by atoms with Gasteiger partial charge in [0.15, 0.2) is 6.29 Å². The molecule has 0 radical (unpaired) electrons. The summed E-state index contributed by atoms with van der Waals surface area (Å²) in [6, 6.07) is -0.823. The molecule has 1 fully saturated rings. The molecule has 6 N–H and O–H groups in total. The molecule has 1 rings (SSSR count). The first-order valence-corrected chi connectivity index (χ1v) is 22.7. The van der Waals surface area contributed by atoms with Gasteiger partial charge in [-0.05, 0) is 44.9 Å². The number of rotatable bonds is 37. The van der Waals surface area contributed by atoms with Crippen LogP contribution in [0.5, 0.6) is 0 Å². The molecular weight excluding hydrogens is 695 g/mol. The quantitative estimate of drug-likeness (QED) is 0.0270. The first-order chi connectivity index (χ1) is 26.8. The number of carbonyl (C=O) groups excluding carboxylic acids is 1. The highest BCUT2D eigenvalue weighted by atomic mass is 16.7. The summed E-state index contributed by atoms with van der Waals surface area (Å²) >= 11 is 0. The van der Waals surface area contributed by atoms with Crippen molar-refractivity contribution in [2.75, 3.05) is 13.2 Å². The fourth-order valence-corrected chi connectivity index (χ4v) is 7.01. The number of amides is 1. The Morgan fingerprint density at radius 3 is 1.53 bits per heavy atom. The first kappa shape index (κ1) is 51.4. The van der Waals surface area contributed by atoms with Gasteiger partial charge in [-0.25, -0.2) is 0 Å². The van der Waals surface area contributed by atoms with Gasteiger partial charge in [-0.1, -0.05) is 179 Å². The van der Waals surface area contributed by atoms with Crippen molar-refractivity contribution in [3.63, 3.8) is 0 Å². The molecule has 7 unspecified atom stereocenters. The lowest BCUT2D eigenvalue weighted by molar-refractivity contribution is -0.302. The predicted molar refractivity (Wildman–Crippen MR) is 226 cm³/mol. The largest absolute Gasteiger partial charge is 0.394 e. The molecule has 0 aliphatic carbocycles. The maximum atomic E-state index is 12.9. The van der Waals surface area contributed by atoms with Crippen LogP contribution in [0.15, 0.2) is 36.5 Å². The smallest absolute Gasteiger partial charge is 0.220 e. The second-order valence-electron chi connectivity index (χ2n) is 15.8. The molecule has 1 saturated heterocycles. The molecule has 322 valence electrons. The highest BCUT2D eigenvalue weighted by Crippen LogP contribution is 2.22. The van der Waals surface area contributed by atoms with E-state index >= 15 is 0 Å². The van der Waals surface area contributed by atoms with Crippen LogP contribution in [0.25, 0.3) is 0 Å². The van der Waals surface area contributed by atoms with Gasteiger partial charge in [-0.15, -0.1) is 0 Å². The van der Waals surface area contributed by atoms with Gasteiger partial charge in [0.05, 0.1) is 25.4 Å². The molecule has 0 bridgehead atoms. The zero-order valence-corrected chi connectivity index (χ0v) is 35.2. The van der Waals surface area contributed by atoms with Gasteiger partial charge in [0, 0.05) is 6.42 Å². The van der Waals surface area contributed by atoms with E-state index in [1.54, 1.807) is 6.08 Å².